The standard InChI is InChI=1S/C14H19O2P/c1-4-11-17(15,13(3)5-2)16-12-14-9-7-6-8-10-14/h4-10,13H,1-2,11-12H2,3H3. The van der Waals surface area contributed by atoms with Crippen LogP contribution in [-0.4, -0.2) is 11.8 Å². The van der Waals surface area contributed by atoms with Crippen molar-refractivity contribution in [2.24, 2.45) is 0 Å². The van der Waals surface area contributed by atoms with Gasteiger partial charge in [-0.1, -0.05) is 42.5 Å². The van der Waals surface area contributed by atoms with Gasteiger partial charge >= 0.3 is 0 Å². The minimum absolute atomic E-state index is 0.149. The zero-order valence-corrected chi connectivity index (χ0v) is 11.1. The predicted octanol–water partition coefficient (Wildman–Crippen LogP) is 4.24. The highest BCUT2D eigenvalue weighted by Gasteiger charge is 2.27. The van der Waals surface area contributed by atoms with Crippen LogP contribution in [0.15, 0.2) is 55.6 Å². The second-order valence-electron chi connectivity index (χ2n) is 3.93. The SMILES string of the molecule is C=CCP(=O)(OCc1ccccc1)C(C)C=C. The Bertz CT molecular complexity index is 411. The highest BCUT2D eigenvalue weighted by atomic mass is 31.2. The Labute approximate surface area is 103 Å². The van der Waals surface area contributed by atoms with Crippen LogP contribution in [0.5, 0.6) is 0 Å². The van der Waals surface area contributed by atoms with Crippen molar-refractivity contribution in [1.82, 2.24) is 0 Å². The number of allylic oxidation sites excluding steroid dienone is 2. The molecule has 2 nitrogen and oxygen atoms in total. The normalized spacial score (nSPS) is 15.8. The summed E-state index contributed by atoms with van der Waals surface area (Å²) in [5.41, 5.74) is 0.872. The number of rotatable bonds is 7. The number of hydrogen-bond donors (Lipinski definition) is 0. The van der Waals surface area contributed by atoms with Gasteiger partial charge in [0.05, 0.1) is 12.3 Å². The molecule has 1 rings (SSSR count). The van der Waals surface area contributed by atoms with Gasteiger partial charge < -0.3 is 4.52 Å². The Balaban J connectivity index is 2.71. The molecule has 0 aliphatic heterocycles. The molecule has 92 valence electrons. The fraction of sp³-hybridized carbons (Fsp3) is 0.286. The molecule has 2 atom stereocenters. The highest BCUT2D eigenvalue weighted by molar-refractivity contribution is 7.60. The van der Waals surface area contributed by atoms with Gasteiger partial charge in [0.2, 0.25) is 7.37 Å². The van der Waals surface area contributed by atoms with Crippen molar-refractivity contribution in [2.75, 3.05) is 6.16 Å². The van der Waals surface area contributed by atoms with Gasteiger partial charge in [0.1, 0.15) is 0 Å². The summed E-state index contributed by atoms with van der Waals surface area (Å²) in [5.74, 6) is 0. The van der Waals surface area contributed by atoms with E-state index in [1.54, 1.807) is 12.2 Å². The summed E-state index contributed by atoms with van der Waals surface area (Å²) in [5, 5.41) is 0. The minimum Gasteiger partial charge on any atom is -0.323 e. The van der Waals surface area contributed by atoms with Crippen LogP contribution in [0, 0.1) is 0 Å². The van der Waals surface area contributed by atoms with Crippen LogP contribution < -0.4 is 0 Å². The topological polar surface area (TPSA) is 26.3 Å². The third kappa shape index (κ3) is 3.99. The molecule has 0 saturated carbocycles. The summed E-state index contributed by atoms with van der Waals surface area (Å²) in [6, 6.07) is 9.73. The van der Waals surface area contributed by atoms with Crippen molar-refractivity contribution >= 4 is 7.37 Å². The van der Waals surface area contributed by atoms with Gasteiger partial charge in [0, 0.05) is 6.16 Å². The first kappa shape index (κ1) is 14.0. The Morgan fingerprint density at radius 1 is 1.35 bits per heavy atom. The van der Waals surface area contributed by atoms with Gasteiger partial charge in [-0.3, -0.25) is 4.57 Å². The molecule has 0 heterocycles. The van der Waals surface area contributed by atoms with E-state index >= 15 is 0 Å². The van der Waals surface area contributed by atoms with Crippen LogP contribution in [-0.2, 0) is 15.7 Å². The first-order chi connectivity index (χ1) is 8.12. The van der Waals surface area contributed by atoms with Crippen molar-refractivity contribution < 1.29 is 9.09 Å². The smallest absolute Gasteiger partial charge is 0.213 e. The van der Waals surface area contributed by atoms with Crippen LogP contribution in [0.2, 0.25) is 0 Å². The Hall–Kier alpha value is -1.11. The maximum Gasteiger partial charge on any atom is 0.213 e. The molecule has 0 aliphatic carbocycles. The van der Waals surface area contributed by atoms with Crippen molar-refractivity contribution in [3.05, 3.63) is 61.2 Å². The van der Waals surface area contributed by atoms with E-state index in [-0.39, 0.29) is 5.66 Å². The van der Waals surface area contributed by atoms with Crippen LogP contribution in [0.25, 0.3) is 0 Å². The molecule has 1 aromatic rings. The van der Waals surface area contributed by atoms with Crippen molar-refractivity contribution in [3.63, 3.8) is 0 Å². The third-order valence-electron chi connectivity index (χ3n) is 2.64. The van der Waals surface area contributed by atoms with Crippen LogP contribution in [0.4, 0.5) is 0 Å². The maximum atomic E-state index is 12.6. The van der Waals surface area contributed by atoms with E-state index in [9.17, 15) is 4.57 Å². The first-order valence-electron chi connectivity index (χ1n) is 5.63. The zero-order valence-electron chi connectivity index (χ0n) is 10.2. The Morgan fingerprint density at radius 2 is 2.00 bits per heavy atom. The fourth-order valence-corrected chi connectivity index (χ4v) is 3.16. The predicted molar refractivity (Wildman–Crippen MR) is 73.6 cm³/mol. The summed E-state index contributed by atoms with van der Waals surface area (Å²) in [6.45, 7) is 9.54. The van der Waals surface area contributed by atoms with E-state index in [4.69, 9.17) is 4.52 Å². The summed E-state index contributed by atoms with van der Waals surface area (Å²) in [7, 11) is -2.71. The molecule has 0 bridgehead atoms. The van der Waals surface area contributed by atoms with E-state index in [0.717, 1.165) is 5.56 Å². The molecule has 0 fully saturated rings. The van der Waals surface area contributed by atoms with Crippen LogP contribution in [0.3, 0.4) is 0 Å². The van der Waals surface area contributed by atoms with Crippen molar-refractivity contribution in [1.29, 1.82) is 0 Å². The molecule has 1 aromatic carbocycles. The second-order valence-corrected chi connectivity index (χ2v) is 6.82. The van der Waals surface area contributed by atoms with E-state index in [1.807, 2.05) is 37.3 Å². The second kappa shape index (κ2) is 6.58. The summed E-state index contributed by atoms with van der Waals surface area (Å²) in [4.78, 5) is 0. The molecule has 0 aliphatic rings. The van der Waals surface area contributed by atoms with E-state index < -0.39 is 7.37 Å². The number of hydrogen-bond acceptors (Lipinski definition) is 2. The van der Waals surface area contributed by atoms with Crippen molar-refractivity contribution in [2.45, 2.75) is 19.2 Å². The van der Waals surface area contributed by atoms with Crippen LogP contribution >= 0.6 is 7.37 Å². The van der Waals surface area contributed by atoms with Gasteiger partial charge in [-0.2, -0.15) is 0 Å². The summed E-state index contributed by atoms with van der Waals surface area (Å²) >= 11 is 0. The van der Waals surface area contributed by atoms with Gasteiger partial charge in [-0.25, -0.2) is 0 Å². The lowest BCUT2D eigenvalue weighted by Gasteiger charge is -2.21. The van der Waals surface area contributed by atoms with Gasteiger partial charge in [-0.05, 0) is 12.5 Å². The third-order valence-corrected chi connectivity index (χ3v) is 5.42. The summed E-state index contributed by atoms with van der Waals surface area (Å²) in [6.07, 6.45) is 3.70. The van der Waals surface area contributed by atoms with Gasteiger partial charge in [-0.15, -0.1) is 13.2 Å². The zero-order chi connectivity index (χ0) is 12.7. The maximum absolute atomic E-state index is 12.6. The minimum atomic E-state index is -2.71. The van der Waals surface area contributed by atoms with E-state index in [1.165, 1.54) is 0 Å². The van der Waals surface area contributed by atoms with Crippen molar-refractivity contribution in [3.8, 4) is 0 Å². The molecule has 0 aromatic heterocycles. The molecular weight excluding hydrogens is 231 g/mol. The largest absolute Gasteiger partial charge is 0.323 e. The molecule has 0 amide bonds. The lowest BCUT2D eigenvalue weighted by atomic mass is 10.2. The average Bonchev–Trinajstić information content (AvgIpc) is 2.37. The Kier molecular flexibility index (Phi) is 5.40. The lowest BCUT2D eigenvalue weighted by molar-refractivity contribution is 0.301. The van der Waals surface area contributed by atoms with Crippen LogP contribution in [0.1, 0.15) is 12.5 Å². The molecular formula is C14H19O2P. The first-order valence-corrected chi connectivity index (χ1v) is 7.51. The van der Waals surface area contributed by atoms with Gasteiger partial charge in [0.25, 0.3) is 0 Å². The lowest BCUT2D eigenvalue weighted by Crippen LogP contribution is -2.06. The average molecular weight is 250 g/mol. The van der Waals surface area contributed by atoms with Gasteiger partial charge in [0.15, 0.2) is 0 Å². The molecule has 0 radical (unpaired) electrons. The fourth-order valence-electron chi connectivity index (χ4n) is 1.44. The highest BCUT2D eigenvalue weighted by Crippen LogP contribution is 2.52. The number of benzene rings is 1. The molecule has 17 heavy (non-hydrogen) atoms. The Morgan fingerprint density at radius 3 is 2.53 bits per heavy atom. The van der Waals surface area contributed by atoms with E-state index in [2.05, 4.69) is 13.2 Å². The molecule has 3 heteroatoms. The molecule has 0 N–H and O–H groups in total. The molecule has 2 unspecified atom stereocenters. The quantitative estimate of drug-likeness (QED) is 0.534. The van der Waals surface area contributed by atoms with E-state index in [0.29, 0.717) is 12.8 Å². The molecule has 0 saturated heterocycles. The summed E-state index contributed by atoms with van der Waals surface area (Å²) < 4.78 is 18.2. The monoisotopic (exact) mass is 250 g/mol. The molecule has 0 spiro atoms.